The maximum absolute atomic E-state index is 13.0. The number of hydrogen-bond acceptors (Lipinski definition) is 4. The van der Waals surface area contributed by atoms with Crippen LogP contribution in [0.3, 0.4) is 0 Å². The molecule has 4 N–H and O–H groups in total. The Morgan fingerprint density at radius 2 is 2.17 bits per heavy atom. The minimum atomic E-state index is -0.507. The molecule has 7 heteroatoms. The number of benzene rings is 1. The zero-order valence-corrected chi connectivity index (χ0v) is 9.85. The molecule has 0 aromatic heterocycles. The summed E-state index contributed by atoms with van der Waals surface area (Å²) >= 11 is 0. The number of hydrogen-bond donors (Lipinski definition) is 3. The summed E-state index contributed by atoms with van der Waals surface area (Å²) in [4.78, 5) is 19.8. The van der Waals surface area contributed by atoms with Crippen LogP contribution >= 0.6 is 0 Å². The van der Waals surface area contributed by atoms with E-state index < -0.39 is 5.82 Å². The highest BCUT2D eigenvalue weighted by Crippen LogP contribution is 2.15. The molecule has 0 saturated carbocycles. The zero-order valence-electron chi connectivity index (χ0n) is 9.85. The van der Waals surface area contributed by atoms with E-state index in [0.717, 1.165) is 6.07 Å². The number of nitrogens with two attached hydrogens (primary N) is 1. The van der Waals surface area contributed by atoms with Gasteiger partial charge < -0.3 is 20.9 Å². The molecule has 18 heavy (non-hydrogen) atoms. The molecule has 0 aliphatic carbocycles. The molecule has 0 saturated heterocycles. The van der Waals surface area contributed by atoms with Crippen LogP contribution in [0.2, 0.25) is 0 Å². The van der Waals surface area contributed by atoms with Crippen LogP contribution in [0.25, 0.3) is 0 Å². The number of amides is 1. The standard InChI is InChI=1S/C10H13FN2O2.CH2O2/c1-15-9-5-7(4-8(11)6-9)10(14)13-3-2-12;2-1-3/h4-6H,2-3,12H2,1H3,(H,13,14);1H,(H,2,3). The van der Waals surface area contributed by atoms with E-state index in [1.165, 1.54) is 19.2 Å². The predicted octanol–water partition coefficient (Wildman–Crippen LogP) is 0.224. The zero-order chi connectivity index (χ0) is 14.0. The molecule has 100 valence electrons. The second-order valence-corrected chi connectivity index (χ2v) is 3.03. The van der Waals surface area contributed by atoms with Gasteiger partial charge >= 0.3 is 0 Å². The van der Waals surface area contributed by atoms with E-state index in [1.807, 2.05) is 0 Å². The number of carbonyl (C=O) groups excluding carboxylic acids is 1. The second-order valence-electron chi connectivity index (χ2n) is 3.03. The van der Waals surface area contributed by atoms with Gasteiger partial charge in [0.15, 0.2) is 0 Å². The fourth-order valence-electron chi connectivity index (χ4n) is 1.10. The van der Waals surface area contributed by atoms with Crippen molar-refractivity contribution in [1.29, 1.82) is 0 Å². The first kappa shape index (κ1) is 15.9. The van der Waals surface area contributed by atoms with Crippen molar-refractivity contribution < 1.29 is 23.8 Å². The molecule has 6 nitrogen and oxygen atoms in total. The topological polar surface area (TPSA) is 102 Å². The Kier molecular flexibility index (Phi) is 7.87. The van der Waals surface area contributed by atoms with E-state index in [1.54, 1.807) is 0 Å². The third-order valence-corrected chi connectivity index (χ3v) is 1.80. The first-order valence-electron chi connectivity index (χ1n) is 4.99. The van der Waals surface area contributed by atoms with Crippen molar-refractivity contribution in [2.75, 3.05) is 20.2 Å². The first-order chi connectivity index (χ1) is 8.58. The van der Waals surface area contributed by atoms with Crippen molar-refractivity contribution in [3.63, 3.8) is 0 Å². The molecule has 0 bridgehead atoms. The molecular weight excluding hydrogens is 243 g/mol. The van der Waals surface area contributed by atoms with Crippen molar-refractivity contribution in [2.24, 2.45) is 5.73 Å². The van der Waals surface area contributed by atoms with Gasteiger partial charge in [0, 0.05) is 24.7 Å². The van der Waals surface area contributed by atoms with Gasteiger partial charge in [0.05, 0.1) is 7.11 Å². The Morgan fingerprint density at radius 1 is 1.56 bits per heavy atom. The van der Waals surface area contributed by atoms with Crippen LogP contribution < -0.4 is 15.8 Å². The summed E-state index contributed by atoms with van der Waals surface area (Å²) in [6, 6.07) is 3.82. The highest BCUT2D eigenvalue weighted by atomic mass is 19.1. The van der Waals surface area contributed by atoms with Gasteiger partial charge in [-0.2, -0.15) is 0 Å². The monoisotopic (exact) mass is 258 g/mol. The van der Waals surface area contributed by atoms with Gasteiger partial charge in [-0.25, -0.2) is 4.39 Å². The molecule has 0 spiro atoms. The van der Waals surface area contributed by atoms with Gasteiger partial charge in [-0.3, -0.25) is 9.59 Å². The van der Waals surface area contributed by atoms with Gasteiger partial charge in [0.2, 0.25) is 0 Å². The lowest BCUT2D eigenvalue weighted by Crippen LogP contribution is -2.29. The maximum Gasteiger partial charge on any atom is 0.290 e. The molecule has 0 atom stereocenters. The van der Waals surface area contributed by atoms with Crippen LogP contribution in [0.15, 0.2) is 18.2 Å². The number of halogens is 1. The van der Waals surface area contributed by atoms with Crippen LogP contribution in [-0.4, -0.2) is 37.7 Å². The maximum atomic E-state index is 13.0. The fraction of sp³-hybridized carbons (Fsp3) is 0.273. The smallest absolute Gasteiger partial charge is 0.290 e. The van der Waals surface area contributed by atoms with Crippen molar-refractivity contribution in [1.82, 2.24) is 5.32 Å². The van der Waals surface area contributed by atoms with E-state index in [-0.39, 0.29) is 17.9 Å². The van der Waals surface area contributed by atoms with E-state index in [4.69, 9.17) is 20.4 Å². The summed E-state index contributed by atoms with van der Waals surface area (Å²) in [5.74, 6) is -0.557. The highest BCUT2D eigenvalue weighted by molar-refractivity contribution is 5.94. The minimum absolute atomic E-state index is 0.223. The summed E-state index contributed by atoms with van der Waals surface area (Å²) in [7, 11) is 1.41. The summed E-state index contributed by atoms with van der Waals surface area (Å²) in [5.41, 5.74) is 5.45. The molecule has 1 rings (SSSR count). The van der Waals surface area contributed by atoms with E-state index in [2.05, 4.69) is 5.32 Å². The molecule has 0 fully saturated rings. The highest BCUT2D eigenvalue weighted by Gasteiger charge is 2.08. The first-order valence-corrected chi connectivity index (χ1v) is 4.99. The largest absolute Gasteiger partial charge is 0.497 e. The van der Waals surface area contributed by atoms with Crippen molar-refractivity contribution in [2.45, 2.75) is 0 Å². The molecule has 0 radical (unpaired) electrons. The second kappa shape index (κ2) is 8.94. The molecule has 0 unspecified atom stereocenters. The Bertz CT molecular complexity index is 399. The molecule has 0 aliphatic heterocycles. The van der Waals surface area contributed by atoms with Gasteiger partial charge in [-0.1, -0.05) is 0 Å². The molecule has 1 aromatic carbocycles. The number of ether oxygens (including phenoxy) is 1. The fourth-order valence-corrected chi connectivity index (χ4v) is 1.10. The van der Waals surface area contributed by atoms with Crippen LogP contribution in [0, 0.1) is 5.82 Å². The Labute approximate surface area is 104 Å². The van der Waals surface area contributed by atoms with Gasteiger partial charge in [-0.05, 0) is 12.1 Å². The third-order valence-electron chi connectivity index (χ3n) is 1.80. The summed E-state index contributed by atoms with van der Waals surface area (Å²) in [5, 5.41) is 9.43. The van der Waals surface area contributed by atoms with Gasteiger partial charge in [-0.15, -0.1) is 0 Å². The minimum Gasteiger partial charge on any atom is -0.497 e. The van der Waals surface area contributed by atoms with Crippen molar-refractivity contribution >= 4 is 12.4 Å². The molecular formula is C11H15FN2O4. The summed E-state index contributed by atoms with van der Waals surface area (Å²) in [6.45, 7) is 0.454. The van der Waals surface area contributed by atoms with E-state index in [0.29, 0.717) is 18.8 Å². The van der Waals surface area contributed by atoms with Crippen LogP contribution in [0.4, 0.5) is 4.39 Å². The van der Waals surface area contributed by atoms with Crippen LogP contribution in [0.1, 0.15) is 10.4 Å². The Balaban J connectivity index is 0.000000873. The lowest BCUT2D eigenvalue weighted by atomic mass is 10.2. The number of nitrogens with one attached hydrogen (secondary N) is 1. The lowest BCUT2D eigenvalue weighted by Gasteiger charge is -2.05. The van der Waals surface area contributed by atoms with Crippen LogP contribution in [-0.2, 0) is 4.79 Å². The quantitative estimate of drug-likeness (QED) is 0.671. The van der Waals surface area contributed by atoms with Crippen LogP contribution in [0.5, 0.6) is 5.75 Å². The lowest BCUT2D eigenvalue weighted by molar-refractivity contribution is -0.122. The van der Waals surface area contributed by atoms with Crippen molar-refractivity contribution in [3.8, 4) is 5.75 Å². The van der Waals surface area contributed by atoms with Crippen molar-refractivity contribution in [3.05, 3.63) is 29.6 Å². The third kappa shape index (κ3) is 5.80. The predicted molar refractivity (Wildman–Crippen MR) is 63.0 cm³/mol. The van der Waals surface area contributed by atoms with Gasteiger partial charge in [0.1, 0.15) is 11.6 Å². The number of carbonyl (C=O) groups is 2. The van der Waals surface area contributed by atoms with E-state index >= 15 is 0 Å². The van der Waals surface area contributed by atoms with E-state index in [9.17, 15) is 9.18 Å². The summed E-state index contributed by atoms with van der Waals surface area (Å²) < 4.78 is 17.9. The molecule has 1 aromatic rings. The SMILES string of the molecule is COc1cc(F)cc(C(=O)NCCN)c1.O=CO. The molecule has 0 heterocycles. The number of methoxy groups -OCH3 is 1. The average molecular weight is 258 g/mol. The normalized spacial score (nSPS) is 8.83. The number of carboxylic acid groups (broad SMARTS) is 1. The Hall–Kier alpha value is -2.15. The summed E-state index contributed by atoms with van der Waals surface area (Å²) in [6.07, 6.45) is 0. The average Bonchev–Trinajstić information content (AvgIpc) is 2.36. The van der Waals surface area contributed by atoms with Gasteiger partial charge in [0.25, 0.3) is 12.4 Å². The molecule has 0 aliphatic rings. The number of rotatable bonds is 4. The Morgan fingerprint density at radius 3 is 2.67 bits per heavy atom. The molecule has 1 amide bonds.